The number of halogens is 1. The van der Waals surface area contributed by atoms with Crippen molar-refractivity contribution in [1.82, 2.24) is 10.2 Å². The molecule has 2 rings (SSSR count). The van der Waals surface area contributed by atoms with Crippen LogP contribution in [0.25, 0.3) is 10.9 Å². The van der Waals surface area contributed by atoms with Gasteiger partial charge in [-0.3, -0.25) is 5.10 Å². The van der Waals surface area contributed by atoms with E-state index in [4.69, 9.17) is 17.3 Å². The van der Waals surface area contributed by atoms with Gasteiger partial charge in [0.25, 0.3) is 0 Å². The predicted molar refractivity (Wildman–Crippen MR) is 45.5 cm³/mol. The lowest BCUT2D eigenvalue weighted by Gasteiger charge is -1.95. The third-order valence-corrected chi connectivity index (χ3v) is 1.88. The first kappa shape index (κ1) is 6.49. The molecule has 11 heavy (non-hydrogen) atoms. The minimum absolute atomic E-state index is 0.568. The van der Waals surface area contributed by atoms with Gasteiger partial charge in [-0.15, -0.1) is 0 Å². The molecule has 0 aliphatic heterocycles. The molecule has 0 aliphatic carbocycles. The van der Waals surface area contributed by atoms with Gasteiger partial charge in [0.2, 0.25) is 0 Å². The van der Waals surface area contributed by atoms with Crippen LogP contribution in [0.1, 0.15) is 0 Å². The first-order valence-corrected chi connectivity index (χ1v) is 3.53. The van der Waals surface area contributed by atoms with E-state index in [0.717, 1.165) is 10.9 Å². The van der Waals surface area contributed by atoms with Crippen molar-refractivity contribution >= 4 is 28.2 Å². The number of nitrogens with zero attached hydrogens (tertiary/aromatic N) is 1. The fourth-order valence-corrected chi connectivity index (χ4v) is 1.15. The average molecular weight is 168 g/mol. The topological polar surface area (TPSA) is 54.7 Å². The Labute approximate surface area is 68.2 Å². The predicted octanol–water partition coefficient (Wildman–Crippen LogP) is 1.80. The molecule has 1 aromatic carbocycles. The summed E-state index contributed by atoms with van der Waals surface area (Å²) in [6, 6.07) is 3.56. The number of fused-ring (bicyclic) bond motifs is 1. The smallest absolute Gasteiger partial charge is 0.0671 e. The summed E-state index contributed by atoms with van der Waals surface area (Å²) in [5.74, 6) is 0. The van der Waals surface area contributed by atoms with E-state index in [1.54, 1.807) is 18.3 Å². The van der Waals surface area contributed by atoms with Crippen LogP contribution in [-0.2, 0) is 0 Å². The Morgan fingerprint density at radius 3 is 3.09 bits per heavy atom. The molecule has 1 aromatic heterocycles. The van der Waals surface area contributed by atoms with Crippen LogP contribution < -0.4 is 5.73 Å². The number of nitrogens with two attached hydrogens (primary N) is 1. The lowest BCUT2D eigenvalue weighted by Crippen LogP contribution is -1.84. The van der Waals surface area contributed by atoms with E-state index in [-0.39, 0.29) is 0 Å². The van der Waals surface area contributed by atoms with Gasteiger partial charge in [0.1, 0.15) is 0 Å². The van der Waals surface area contributed by atoms with E-state index in [1.807, 2.05) is 0 Å². The zero-order valence-corrected chi connectivity index (χ0v) is 6.39. The van der Waals surface area contributed by atoms with E-state index in [0.29, 0.717) is 10.7 Å². The van der Waals surface area contributed by atoms with Crippen molar-refractivity contribution in [3.63, 3.8) is 0 Å². The average Bonchev–Trinajstić information content (AvgIpc) is 2.36. The van der Waals surface area contributed by atoms with Crippen molar-refractivity contribution in [3.05, 3.63) is 23.4 Å². The van der Waals surface area contributed by atoms with Crippen molar-refractivity contribution < 1.29 is 0 Å². The highest BCUT2D eigenvalue weighted by Gasteiger charge is 1.99. The van der Waals surface area contributed by atoms with Crippen LogP contribution in [0.2, 0.25) is 5.02 Å². The number of anilines is 1. The molecule has 0 atom stereocenters. The second kappa shape index (κ2) is 2.13. The molecule has 3 N–H and O–H groups in total. The van der Waals surface area contributed by atoms with Crippen molar-refractivity contribution in [3.8, 4) is 0 Å². The maximum absolute atomic E-state index is 5.78. The highest BCUT2D eigenvalue weighted by atomic mass is 35.5. The van der Waals surface area contributed by atoms with Gasteiger partial charge in [-0.25, -0.2) is 0 Å². The lowest BCUT2D eigenvalue weighted by atomic mass is 10.2. The number of H-pyrrole nitrogens is 1. The lowest BCUT2D eigenvalue weighted by molar-refractivity contribution is 1.12. The Morgan fingerprint density at radius 1 is 1.45 bits per heavy atom. The van der Waals surface area contributed by atoms with E-state index >= 15 is 0 Å². The summed E-state index contributed by atoms with van der Waals surface area (Å²) in [6.07, 6.45) is 1.71. The minimum Gasteiger partial charge on any atom is -0.397 e. The third-order valence-electron chi connectivity index (χ3n) is 1.56. The Kier molecular flexibility index (Phi) is 1.26. The number of benzene rings is 1. The van der Waals surface area contributed by atoms with Crippen LogP contribution in [0.15, 0.2) is 18.3 Å². The first-order chi connectivity index (χ1) is 5.27. The van der Waals surface area contributed by atoms with Gasteiger partial charge in [-0.2, -0.15) is 5.10 Å². The number of aromatic amines is 1. The zero-order valence-electron chi connectivity index (χ0n) is 5.63. The Hall–Kier alpha value is -1.22. The number of nitrogens with one attached hydrogen (secondary N) is 1. The summed E-state index contributed by atoms with van der Waals surface area (Å²) in [5, 5.41) is 8.19. The maximum atomic E-state index is 5.78. The normalized spacial score (nSPS) is 10.6. The second-order valence-electron chi connectivity index (χ2n) is 2.33. The molecule has 3 nitrogen and oxygen atoms in total. The van der Waals surface area contributed by atoms with Crippen LogP contribution in [0, 0.1) is 0 Å². The second-order valence-corrected chi connectivity index (χ2v) is 2.74. The Morgan fingerprint density at radius 2 is 2.27 bits per heavy atom. The third kappa shape index (κ3) is 0.935. The Bertz CT molecular complexity index is 357. The van der Waals surface area contributed by atoms with Crippen molar-refractivity contribution in [2.75, 3.05) is 5.73 Å². The van der Waals surface area contributed by atoms with Gasteiger partial charge in [0.05, 0.1) is 22.4 Å². The molecule has 0 aliphatic rings. The number of nitrogen functional groups attached to an aromatic ring is 1. The van der Waals surface area contributed by atoms with Crippen LogP contribution in [0.5, 0.6) is 0 Å². The van der Waals surface area contributed by atoms with Crippen molar-refractivity contribution in [2.45, 2.75) is 0 Å². The summed E-state index contributed by atoms with van der Waals surface area (Å²) >= 11 is 5.78. The van der Waals surface area contributed by atoms with E-state index in [2.05, 4.69) is 10.2 Å². The maximum Gasteiger partial charge on any atom is 0.0671 e. The highest BCUT2D eigenvalue weighted by molar-refractivity contribution is 6.33. The molecule has 4 heteroatoms. The molecular formula is C7H6ClN3. The van der Waals surface area contributed by atoms with Gasteiger partial charge >= 0.3 is 0 Å². The molecule has 0 radical (unpaired) electrons. The fourth-order valence-electron chi connectivity index (χ4n) is 0.980. The van der Waals surface area contributed by atoms with E-state index in [1.165, 1.54) is 0 Å². The van der Waals surface area contributed by atoms with Gasteiger partial charge in [0.15, 0.2) is 0 Å². The van der Waals surface area contributed by atoms with Crippen molar-refractivity contribution in [2.24, 2.45) is 0 Å². The standard InChI is InChI=1S/C7H6ClN3/c8-5-1-4-3-10-11-7(4)2-6(5)9/h1-3H,9H2,(H,10,11). The largest absolute Gasteiger partial charge is 0.397 e. The fraction of sp³-hybridized carbons (Fsp3) is 0. The van der Waals surface area contributed by atoms with Gasteiger partial charge < -0.3 is 5.73 Å². The zero-order chi connectivity index (χ0) is 7.84. The quantitative estimate of drug-likeness (QED) is 0.588. The van der Waals surface area contributed by atoms with Crippen LogP contribution in [0.4, 0.5) is 5.69 Å². The number of hydrogen-bond acceptors (Lipinski definition) is 2. The monoisotopic (exact) mass is 167 g/mol. The molecular weight excluding hydrogens is 162 g/mol. The van der Waals surface area contributed by atoms with Crippen molar-refractivity contribution in [1.29, 1.82) is 0 Å². The summed E-state index contributed by atoms with van der Waals surface area (Å²) in [5.41, 5.74) is 7.05. The molecule has 0 spiro atoms. The summed E-state index contributed by atoms with van der Waals surface area (Å²) in [4.78, 5) is 0. The molecule has 0 bridgehead atoms. The molecule has 0 fully saturated rings. The van der Waals surface area contributed by atoms with E-state index in [9.17, 15) is 0 Å². The van der Waals surface area contributed by atoms with Crippen LogP contribution in [0.3, 0.4) is 0 Å². The molecule has 0 amide bonds. The summed E-state index contributed by atoms with van der Waals surface area (Å²) in [7, 11) is 0. The highest BCUT2D eigenvalue weighted by Crippen LogP contribution is 2.23. The molecule has 0 unspecified atom stereocenters. The molecule has 0 saturated heterocycles. The Balaban J connectivity index is 2.86. The molecule has 0 saturated carbocycles. The summed E-state index contributed by atoms with van der Waals surface area (Å²) in [6.45, 7) is 0. The molecule has 56 valence electrons. The number of hydrogen-bond donors (Lipinski definition) is 2. The number of aromatic nitrogens is 2. The van der Waals surface area contributed by atoms with Gasteiger partial charge in [0, 0.05) is 5.39 Å². The van der Waals surface area contributed by atoms with E-state index < -0.39 is 0 Å². The SMILES string of the molecule is Nc1cc2[nH]ncc2cc1Cl. The summed E-state index contributed by atoms with van der Waals surface area (Å²) < 4.78 is 0. The number of rotatable bonds is 0. The minimum atomic E-state index is 0.568. The van der Waals surface area contributed by atoms with Gasteiger partial charge in [-0.05, 0) is 12.1 Å². The van der Waals surface area contributed by atoms with Gasteiger partial charge in [-0.1, -0.05) is 11.6 Å². The van der Waals surface area contributed by atoms with Crippen LogP contribution in [-0.4, -0.2) is 10.2 Å². The molecule has 2 aromatic rings. The molecule has 1 heterocycles. The van der Waals surface area contributed by atoms with Crippen LogP contribution >= 0.6 is 11.6 Å². The first-order valence-electron chi connectivity index (χ1n) is 3.15.